The minimum atomic E-state index is -0.520. The average molecular weight is 354 g/mol. The highest BCUT2D eigenvalue weighted by Crippen LogP contribution is 2.21. The number of nitrogens with one attached hydrogen (secondary N) is 3. The third-order valence-electron chi connectivity index (χ3n) is 3.07. The number of hydrazone groups is 1. The van der Waals surface area contributed by atoms with E-state index in [0.29, 0.717) is 17.1 Å². The van der Waals surface area contributed by atoms with E-state index in [9.17, 15) is 14.4 Å². The molecule has 1 heterocycles. The zero-order chi connectivity index (χ0) is 18.9. The molecule has 3 N–H and O–H groups in total. The molecule has 1 aromatic heterocycles. The molecule has 9 nitrogen and oxygen atoms in total. The summed E-state index contributed by atoms with van der Waals surface area (Å²) in [6, 6.07) is 6.84. The largest absolute Gasteiger partial charge is 0.325 e. The van der Waals surface area contributed by atoms with Crippen molar-refractivity contribution in [2.24, 2.45) is 5.10 Å². The maximum Gasteiger partial charge on any atom is 0.291 e. The van der Waals surface area contributed by atoms with Crippen molar-refractivity contribution < 1.29 is 14.4 Å². The fraction of sp³-hybridized carbons (Fsp3) is 0.176. The first kappa shape index (κ1) is 18.7. The number of rotatable bonds is 6. The lowest BCUT2D eigenvalue weighted by Crippen LogP contribution is -2.22. The van der Waals surface area contributed by atoms with Crippen LogP contribution in [-0.4, -0.2) is 33.4 Å². The summed E-state index contributed by atoms with van der Waals surface area (Å²) < 4.78 is 0. The van der Waals surface area contributed by atoms with Gasteiger partial charge in [0.05, 0.1) is 24.0 Å². The van der Waals surface area contributed by atoms with E-state index in [0.717, 1.165) is 0 Å². The van der Waals surface area contributed by atoms with Crippen LogP contribution in [-0.2, 0) is 9.59 Å². The summed E-state index contributed by atoms with van der Waals surface area (Å²) in [5, 5.41) is 9.20. The van der Waals surface area contributed by atoms with Crippen molar-refractivity contribution in [3.8, 4) is 0 Å². The van der Waals surface area contributed by atoms with Crippen LogP contribution in [0.25, 0.3) is 0 Å². The van der Waals surface area contributed by atoms with Crippen LogP contribution >= 0.6 is 0 Å². The SMILES string of the molecule is CC(=O)Nc1ccccc1NC(=O)C/C(C)=N/NC(=O)c1cnccn1. The number of benzene rings is 1. The maximum atomic E-state index is 12.1. The molecule has 26 heavy (non-hydrogen) atoms. The van der Waals surface area contributed by atoms with E-state index in [1.54, 1.807) is 31.2 Å². The second-order valence-electron chi connectivity index (χ2n) is 5.33. The quantitative estimate of drug-likeness (QED) is 0.536. The summed E-state index contributed by atoms with van der Waals surface area (Å²) in [7, 11) is 0. The van der Waals surface area contributed by atoms with Gasteiger partial charge < -0.3 is 10.6 Å². The number of hydrogen-bond donors (Lipinski definition) is 3. The average Bonchev–Trinajstić information content (AvgIpc) is 2.61. The lowest BCUT2D eigenvalue weighted by atomic mass is 10.2. The van der Waals surface area contributed by atoms with Gasteiger partial charge in [-0.15, -0.1) is 0 Å². The van der Waals surface area contributed by atoms with E-state index in [-0.39, 0.29) is 23.9 Å². The molecule has 3 amide bonds. The fourth-order valence-electron chi connectivity index (χ4n) is 1.98. The Bertz CT molecular complexity index is 835. The Morgan fingerprint density at radius 2 is 1.73 bits per heavy atom. The third kappa shape index (κ3) is 5.78. The van der Waals surface area contributed by atoms with Gasteiger partial charge in [0.1, 0.15) is 5.69 Å². The zero-order valence-corrected chi connectivity index (χ0v) is 14.3. The molecule has 0 aliphatic rings. The number of amides is 3. The highest BCUT2D eigenvalue weighted by Gasteiger charge is 2.10. The van der Waals surface area contributed by atoms with Crippen molar-refractivity contribution in [1.82, 2.24) is 15.4 Å². The van der Waals surface area contributed by atoms with Gasteiger partial charge in [-0.3, -0.25) is 19.4 Å². The second kappa shape index (κ2) is 9.02. The molecule has 0 saturated heterocycles. The number of carbonyl (C=O) groups is 3. The van der Waals surface area contributed by atoms with Gasteiger partial charge in [0.15, 0.2) is 0 Å². The predicted molar refractivity (Wildman–Crippen MR) is 96.6 cm³/mol. The molecule has 0 aliphatic carbocycles. The number of aromatic nitrogens is 2. The molecule has 0 radical (unpaired) electrons. The van der Waals surface area contributed by atoms with Gasteiger partial charge in [0.2, 0.25) is 11.8 Å². The van der Waals surface area contributed by atoms with Crippen LogP contribution in [0.4, 0.5) is 11.4 Å². The van der Waals surface area contributed by atoms with Crippen LogP contribution in [0, 0.1) is 0 Å². The fourth-order valence-corrected chi connectivity index (χ4v) is 1.98. The van der Waals surface area contributed by atoms with Crippen molar-refractivity contribution in [3.63, 3.8) is 0 Å². The monoisotopic (exact) mass is 354 g/mol. The highest BCUT2D eigenvalue weighted by atomic mass is 16.2. The minimum absolute atomic E-state index is 0.0326. The first-order chi connectivity index (χ1) is 12.5. The number of hydrogen-bond acceptors (Lipinski definition) is 6. The molecule has 9 heteroatoms. The molecular weight excluding hydrogens is 336 g/mol. The minimum Gasteiger partial charge on any atom is -0.325 e. The molecule has 0 fully saturated rings. The number of nitrogens with zero attached hydrogens (tertiary/aromatic N) is 3. The summed E-state index contributed by atoms with van der Waals surface area (Å²) in [4.78, 5) is 42.8. The van der Waals surface area contributed by atoms with Crippen LogP contribution in [0.3, 0.4) is 0 Å². The predicted octanol–water partition coefficient (Wildman–Crippen LogP) is 1.57. The van der Waals surface area contributed by atoms with Crippen molar-refractivity contribution in [3.05, 3.63) is 48.5 Å². The van der Waals surface area contributed by atoms with Gasteiger partial charge in [-0.1, -0.05) is 12.1 Å². The standard InChI is InChI=1S/C17H18N6O3/c1-11(22-23-17(26)15-10-18-7-8-19-15)9-16(25)21-14-6-4-3-5-13(14)20-12(2)24/h3-8,10H,9H2,1-2H3,(H,20,24)(H,21,25)(H,23,26)/b22-11+. The Morgan fingerprint density at radius 1 is 1.04 bits per heavy atom. The normalized spacial score (nSPS) is 10.8. The van der Waals surface area contributed by atoms with E-state index >= 15 is 0 Å². The molecular formula is C17H18N6O3. The van der Waals surface area contributed by atoms with Crippen molar-refractivity contribution in [2.45, 2.75) is 20.3 Å². The summed E-state index contributed by atoms with van der Waals surface area (Å²) >= 11 is 0. The molecule has 0 saturated carbocycles. The molecule has 134 valence electrons. The van der Waals surface area contributed by atoms with E-state index in [1.807, 2.05) is 0 Å². The first-order valence-electron chi connectivity index (χ1n) is 7.71. The van der Waals surface area contributed by atoms with Crippen molar-refractivity contribution in [1.29, 1.82) is 0 Å². The Balaban J connectivity index is 1.93. The van der Waals surface area contributed by atoms with Crippen LogP contribution in [0.2, 0.25) is 0 Å². The summed E-state index contributed by atoms with van der Waals surface area (Å²) in [5.41, 5.74) is 3.81. The lowest BCUT2D eigenvalue weighted by Gasteiger charge is -2.11. The Hall–Kier alpha value is -3.62. The molecule has 0 aliphatic heterocycles. The Morgan fingerprint density at radius 3 is 2.35 bits per heavy atom. The van der Waals surface area contributed by atoms with E-state index in [4.69, 9.17) is 0 Å². The van der Waals surface area contributed by atoms with Crippen LogP contribution in [0.15, 0.2) is 48.0 Å². The highest BCUT2D eigenvalue weighted by molar-refractivity contribution is 6.07. The van der Waals surface area contributed by atoms with E-state index < -0.39 is 5.91 Å². The molecule has 0 bridgehead atoms. The topological polar surface area (TPSA) is 125 Å². The van der Waals surface area contributed by atoms with Gasteiger partial charge in [-0.25, -0.2) is 10.4 Å². The van der Waals surface area contributed by atoms with Gasteiger partial charge in [0.25, 0.3) is 5.91 Å². The number of carbonyl (C=O) groups excluding carboxylic acids is 3. The molecule has 0 atom stereocenters. The van der Waals surface area contributed by atoms with Crippen LogP contribution in [0.1, 0.15) is 30.8 Å². The first-order valence-corrected chi connectivity index (χ1v) is 7.71. The van der Waals surface area contributed by atoms with Gasteiger partial charge >= 0.3 is 0 Å². The van der Waals surface area contributed by atoms with E-state index in [2.05, 4.69) is 31.1 Å². The number of anilines is 2. The van der Waals surface area contributed by atoms with Crippen molar-refractivity contribution in [2.75, 3.05) is 10.6 Å². The maximum absolute atomic E-state index is 12.1. The molecule has 0 spiro atoms. The van der Waals surface area contributed by atoms with Crippen molar-refractivity contribution >= 4 is 34.8 Å². The summed E-state index contributed by atoms with van der Waals surface area (Å²) in [5.74, 6) is -1.09. The molecule has 2 aromatic rings. The smallest absolute Gasteiger partial charge is 0.291 e. The van der Waals surface area contributed by atoms with Gasteiger partial charge in [0, 0.05) is 25.0 Å². The summed E-state index contributed by atoms with van der Waals surface area (Å²) in [6.45, 7) is 2.99. The summed E-state index contributed by atoms with van der Waals surface area (Å²) in [6.07, 6.45) is 4.13. The Kier molecular flexibility index (Phi) is 6.49. The second-order valence-corrected chi connectivity index (χ2v) is 5.33. The van der Waals surface area contributed by atoms with Crippen LogP contribution in [0.5, 0.6) is 0 Å². The molecule has 2 rings (SSSR count). The lowest BCUT2D eigenvalue weighted by molar-refractivity contribution is -0.115. The Labute approximate surface area is 149 Å². The molecule has 0 unspecified atom stereocenters. The third-order valence-corrected chi connectivity index (χ3v) is 3.07. The van der Waals surface area contributed by atoms with Crippen LogP contribution < -0.4 is 16.1 Å². The zero-order valence-electron chi connectivity index (χ0n) is 14.3. The molecule has 1 aromatic carbocycles. The number of para-hydroxylation sites is 2. The van der Waals surface area contributed by atoms with Gasteiger partial charge in [-0.2, -0.15) is 5.10 Å². The van der Waals surface area contributed by atoms with Gasteiger partial charge in [-0.05, 0) is 19.1 Å². The van der Waals surface area contributed by atoms with E-state index in [1.165, 1.54) is 25.5 Å².